The maximum Gasteiger partial charge on any atom is 0.177 e. The van der Waals surface area contributed by atoms with Gasteiger partial charge in [-0.3, -0.25) is 5.10 Å². The third-order valence-electron chi connectivity index (χ3n) is 2.90. The van der Waals surface area contributed by atoms with Crippen molar-refractivity contribution in [1.29, 1.82) is 5.26 Å². The lowest BCUT2D eigenvalue weighted by Gasteiger charge is -2.07. The summed E-state index contributed by atoms with van der Waals surface area (Å²) in [7, 11) is 0. The Morgan fingerprint density at radius 2 is 2.11 bits per heavy atom. The molecule has 2 N–H and O–H groups in total. The summed E-state index contributed by atoms with van der Waals surface area (Å²) >= 11 is 0. The molecule has 0 radical (unpaired) electrons. The number of aromatic amines is 1. The largest absolute Gasteiger partial charge is 0.507 e. The molecule has 6 heteroatoms. The minimum Gasteiger partial charge on any atom is -0.507 e. The molecule has 2 aromatic heterocycles. The Bertz CT molecular complexity index is 792. The third kappa shape index (κ3) is 1.77. The number of nitrogens with one attached hydrogen (secondary N) is 1. The van der Waals surface area contributed by atoms with E-state index in [-0.39, 0.29) is 5.75 Å². The molecule has 92 valence electrons. The van der Waals surface area contributed by atoms with Crippen molar-refractivity contribution in [1.82, 2.24) is 20.4 Å². The quantitative estimate of drug-likeness (QED) is 0.688. The number of phenols is 1. The molecule has 0 atom stereocenters. The van der Waals surface area contributed by atoms with E-state index >= 15 is 0 Å². The summed E-state index contributed by atoms with van der Waals surface area (Å²) in [4.78, 5) is 0. The topological polar surface area (TPSA) is 98.5 Å². The first-order chi connectivity index (χ1) is 9.19. The van der Waals surface area contributed by atoms with Crippen LogP contribution in [0.2, 0.25) is 0 Å². The third-order valence-corrected chi connectivity index (χ3v) is 2.90. The second kappa shape index (κ2) is 4.07. The molecule has 3 rings (SSSR count). The molecule has 0 fully saturated rings. The van der Waals surface area contributed by atoms with Crippen LogP contribution in [0.5, 0.6) is 5.75 Å². The van der Waals surface area contributed by atoms with Crippen molar-refractivity contribution in [3.8, 4) is 23.1 Å². The predicted molar refractivity (Wildman–Crippen MR) is 68.2 cm³/mol. The van der Waals surface area contributed by atoms with E-state index in [9.17, 15) is 5.11 Å². The van der Waals surface area contributed by atoms with Crippen molar-refractivity contribution < 1.29 is 5.11 Å². The Morgan fingerprint density at radius 3 is 2.84 bits per heavy atom. The zero-order valence-electron chi connectivity index (χ0n) is 10.0. The molecule has 0 amide bonds. The van der Waals surface area contributed by atoms with Gasteiger partial charge in [-0.1, -0.05) is 0 Å². The molecule has 19 heavy (non-hydrogen) atoms. The van der Waals surface area contributed by atoms with Crippen molar-refractivity contribution >= 4 is 11.0 Å². The van der Waals surface area contributed by atoms with Gasteiger partial charge < -0.3 is 5.11 Å². The van der Waals surface area contributed by atoms with Crippen LogP contribution in [0.1, 0.15) is 11.1 Å². The lowest BCUT2D eigenvalue weighted by Crippen LogP contribution is -1.92. The average Bonchev–Trinajstić information content (AvgIpc) is 2.85. The molecule has 0 bridgehead atoms. The van der Waals surface area contributed by atoms with Gasteiger partial charge in [0, 0.05) is 10.9 Å². The SMILES string of the molecule is Cc1cc(C#N)cc(O)c1-c1cc2cn[nH]c2nn1. The first kappa shape index (κ1) is 11.2. The van der Waals surface area contributed by atoms with E-state index in [1.54, 1.807) is 18.3 Å². The van der Waals surface area contributed by atoms with Crippen LogP contribution < -0.4 is 0 Å². The first-order valence-corrected chi connectivity index (χ1v) is 5.60. The Hall–Kier alpha value is -2.94. The van der Waals surface area contributed by atoms with Crippen molar-refractivity contribution in [3.05, 3.63) is 35.5 Å². The van der Waals surface area contributed by atoms with Crippen molar-refractivity contribution in [2.75, 3.05) is 0 Å². The predicted octanol–water partition coefficient (Wildman–Crippen LogP) is 1.91. The van der Waals surface area contributed by atoms with Gasteiger partial charge in [-0.15, -0.1) is 10.2 Å². The number of hydrogen-bond donors (Lipinski definition) is 2. The van der Waals surface area contributed by atoms with Gasteiger partial charge in [-0.2, -0.15) is 10.4 Å². The molecule has 0 aliphatic carbocycles. The highest BCUT2D eigenvalue weighted by Crippen LogP contribution is 2.32. The van der Waals surface area contributed by atoms with Crippen LogP contribution in [0.25, 0.3) is 22.3 Å². The Balaban J connectivity index is 2.23. The van der Waals surface area contributed by atoms with Crippen LogP contribution in [-0.2, 0) is 0 Å². The standard InChI is InChI=1S/C13H9N5O/c1-7-2-8(5-14)3-11(19)12(7)10-4-9-6-15-17-13(9)18-16-10/h2-4,6,19H,1H3,(H,15,17,18). The van der Waals surface area contributed by atoms with E-state index in [4.69, 9.17) is 5.26 Å². The lowest BCUT2D eigenvalue weighted by molar-refractivity contribution is 0.476. The number of nitrogens with zero attached hydrogens (tertiary/aromatic N) is 4. The van der Waals surface area contributed by atoms with Gasteiger partial charge in [-0.25, -0.2) is 0 Å². The van der Waals surface area contributed by atoms with Crippen LogP contribution in [0, 0.1) is 18.3 Å². The number of fused-ring (bicyclic) bond motifs is 1. The molecule has 6 nitrogen and oxygen atoms in total. The molecule has 0 unspecified atom stereocenters. The maximum atomic E-state index is 10.0. The number of phenolic OH excluding ortho intramolecular Hbond substituents is 1. The summed E-state index contributed by atoms with van der Waals surface area (Å²) in [5.41, 5.74) is 2.90. The Kier molecular flexibility index (Phi) is 2.39. The van der Waals surface area contributed by atoms with E-state index < -0.39 is 0 Å². The highest BCUT2D eigenvalue weighted by molar-refractivity contribution is 5.81. The number of aromatic hydroxyl groups is 1. The van der Waals surface area contributed by atoms with Crippen molar-refractivity contribution in [2.45, 2.75) is 6.92 Å². The van der Waals surface area contributed by atoms with Gasteiger partial charge in [0.05, 0.1) is 23.5 Å². The molecule has 2 heterocycles. The molecule has 0 aliphatic heterocycles. The van der Waals surface area contributed by atoms with E-state index in [0.717, 1.165) is 10.9 Å². The second-order valence-corrected chi connectivity index (χ2v) is 4.20. The fourth-order valence-corrected chi connectivity index (χ4v) is 2.04. The highest BCUT2D eigenvalue weighted by Gasteiger charge is 2.12. The number of H-pyrrole nitrogens is 1. The number of aryl methyl sites for hydroxylation is 1. The molecule has 0 aliphatic rings. The maximum absolute atomic E-state index is 10.0. The van der Waals surface area contributed by atoms with Crippen LogP contribution >= 0.6 is 0 Å². The summed E-state index contributed by atoms with van der Waals surface area (Å²) in [6.07, 6.45) is 1.64. The van der Waals surface area contributed by atoms with Crippen LogP contribution in [0.3, 0.4) is 0 Å². The minimum atomic E-state index is 0.0219. The molecule has 0 saturated carbocycles. The molecular weight excluding hydrogens is 242 g/mol. The average molecular weight is 251 g/mol. The van der Waals surface area contributed by atoms with Crippen LogP contribution in [-0.4, -0.2) is 25.5 Å². The smallest absolute Gasteiger partial charge is 0.177 e. The number of rotatable bonds is 1. The van der Waals surface area contributed by atoms with Gasteiger partial charge in [0.1, 0.15) is 5.75 Å². The Morgan fingerprint density at radius 1 is 1.26 bits per heavy atom. The van der Waals surface area contributed by atoms with Gasteiger partial charge in [-0.05, 0) is 30.7 Å². The number of aromatic nitrogens is 4. The fraction of sp³-hybridized carbons (Fsp3) is 0.0769. The Labute approximate surface area is 108 Å². The number of hydrogen-bond acceptors (Lipinski definition) is 5. The van der Waals surface area contributed by atoms with Gasteiger partial charge in [0.25, 0.3) is 0 Å². The van der Waals surface area contributed by atoms with Gasteiger partial charge in [0.2, 0.25) is 0 Å². The number of benzene rings is 1. The summed E-state index contributed by atoms with van der Waals surface area (Å²) in [5.74, 6) is 0.0219. The van der Waals surface area contributed by atoms with Crippen molar-refractivity contribution in [2.24, 2.45) is 0 Å². The monoisotopic (exact) mass is 251 g/mol. The van der Waals surface area contributed by atoms with Crippen LogP contribution in [0.4, 0.5) is 0 Å². The molecule has 0 spiro atoms. The lowest BCUT2D eigenvalue weighted by atomic mass is 10.0. The summed E-state index contributed by atoms with van der Waals surface area (Å²) < 4.78 is 0. The van der Waals surface area contributed by atoms with E-state index in [2.05, 4.69) is 20.4 Å². The normalized spacial score (nSPS) is 10.5. The van der Waals surface area contributed by atoms with Gasteiger partial charge in [0.15, 0.2) is 5.65 Å². The summed E-state index contributed by atoms with van der Waals surface area (Å²) in [6.45, 7) is 1.82. The minimum absolute atomic E-state index is 0.0219. The van der Waals surface area contributed by atoms with Gasteiger partial charge >= 0.3 is 0 Å². The first-order valence-electron chi connectivity index (χ1n) is 5.60. The van der Waals surface area contributed by atoms with Crippen molar-refractivity contribution in [3.63, 3.8) is 0 Å². The number of nitriles is 1. The zero-order valence-corrected chi connectivity index (χ0v) is 10.0. The highest BCUT2D eigenvalue weighted by atomic mass is 16.3. The van der Waals surface area contributed by atoms with E-state index in [0.29, 0.717) is 22.5 Å². The molecule has 3 aromatic rings. The van der Waals surface area contributed by atoms with E-state index in [1.807, 2.05) is 13.0 Å². The summed E-state index contributed by atoms with van der Waals surface area (Å²) in [5, 5.41) is 34.4. The van der Waals surface area contributed by atoms with E-state index in [1.165, 1.54) is 6.07 Å². The second-order valence-electron chi connectivity index (χ2n) is 4.20. The van der Waals surface area contributed by atoms with Crippen LogP contribution in [0.15, 0.2) is 24.4 Å². The molecule has 1 aromatic carbocycles. The molecule has 0 saturated heterocycles. The zero-order chi connectivity index (χ0) is 13.4. The fourth-order valence-electron chi connectivity index (χ4n) is 2.04. The molecular formula is C13H9N5O. The summed E-state index contributed by atoms with van der Waals surface area (Å²) in [6, 6.07) is 6.92.